The van der Waals surface area contributed by atoms with Crippen LogP contribution in [0.2, 0.25) is 5.02 Å². The van der Waals surface area contributed by atoms with E-state index in [-0.39, 0.29) is 11.8 Å². The van der Waals surface area contributed by atoms with Crippen LogP contribution in [0.15, 0.2) is 54.9 Å². The van der Waals surface area contributed by atoms with Gasteiger partial charge in [-0.25, -0.2) is 0 Å². The third-order valence-corrected chi connectivity index (χ3v) is 4.95. The molecule has 2 aromatic heterocycles. The van der Waals surface area contributed by atoms with Crippen LogP contribution in [-0.4, -0.2) is 20.3 Å². The van der Waals surface area contributed by atoms with Gasteiger partial charge in [0.25, 0.3) is 0 Å². The SMILES string of the molecule is Oc1ccc(C2Nc3ccccc3-c3cnnc4[nH]cc2c34)c(Cl)c1. The molecule has 1 aliphatic heterocycles. The van der Waals surface area contributed by atoms with Crippen molar-refractivity contribution in [1.29, 1.82) is 0 Å². The summed E-state index contributed by atoms with van der Waals surface area (Å²) in [6, 6.07) is 13.0. The molecule has 5 rings (SSSR count). The number of H-pyrrole nitrogens is 1. The number of aromatic amines is 1. The molecule has 0 bridgehead atoms. The summed E-state index contributed by atoms with van der Waals surface area (Å²) in [5.41, 5.74) is 5.78. The molecule has 1 unspecified atom stereocenters. The first-order chi connectivity index (χ1) is 12.2. The summed E-state index contributed by atoms with van der Waals surface area (Å²) in [5.74, 6) is 0.147. The van der Waals surface area contributed by atoms with Crippen LogP contribution in [0.5, 0.6) is 5.75 Å². The molecule has 5 nitrogen and oxygen atoms in total. The Bertz CT molecular complexity index is 1120. The first-order valence-corrected chi connectivity index (χ1v) is 8.27. The van der Waals surface area contributed by atoms with Crippen molar-refractivity contribution in [2.45, 2.75) is 6.04 Å². The quantitative estimate of drug-likeness (QED) is 0.473. The third-order valence-electron chi connectivity index (χ3n) is 4.63. The number of hydrogen-bond acceptors (Lipinski definition) is 4. The van der Waals surface area contributed by atoms with Crippen LogP contribution >= 0.6 is 11.6 Å². The molecule has 1 atom stereocenters. The average Bonchev–Trinajstić information content (AvgIpc) is 2.98. The number of rotatable bonds is 1. The zero-order chi connectivity index (χ0) is 17.0. The summed E-state index contributed by atoms with van der Waals surface area (Å²) in [6.45, 7) is 0. The fourth-order valence-electron chi connectivity index (χ4n) is 3.50. The maximum Gasteiger partial charge on any atom is 0.160 e. The van der Waals surface area contributed by atoms with Crippen LogP contribution < -0.4 is 5.32 Å². The van der Waals surface area contributed by atoms with Crippen molar-refractivity contribution in [3.05, 3.63) is 71.0 Å². The van der Waals surface area contributed by atoms with E-state index in [0.29, 0.717) is 5.02 Å². The molecule has 0 spiro atoms. The van der Waals surface area contributed by atoms with Gasteiger partial charge < -0.3 is 15.4 Å². The number of fused-ring (bicyclic) bond motifs is 2. The van der Waals surface area contributed by atoms with E-state index in [4.69, 9.17) is 11.6 Å². The molecule has 2 aromatic carbocycles. The number of halogens is 1. The van der Waals surface area contributed by atoms with Gasteiger partial charge in [-0.1, -0.05) is 35.9 Å². The lowest BCUT2D eigenvalue weighted by Crippen LogP contribution is -2.11. The Hall–Kier alpha value is -3.05. The van der Waals surface area contributed by atoms with Crippen LogP contribution in [0.1, 0.15) is 17.2 Å². The van der Waals surface area contributed by atoms with Gasteiger partial charge in [-0.2, -0.15) is 5.10 Å². The minimum absolute atomic E-state index is 0.147. The summed E-state index contributed by atoms with van der Waals surface area (Å²) >= 11 is 6.43. The van der Waals surface area contributed by atoms with Crippen molar-refractivity contribution in [1.82, 2.24) is 15.2 Å². The molecule has 122 valence electrons. The number of aromatic hydroxyl groups is 1. The smallest absolute Gasteiger partial charge is 0.160 e. The molecule has 3 heterocycles. The van der Waals surface area contributed by atoms with Gasteiger partial charge in [0.1, 0.15) is 5.75 Å². The molecule has 0 fully saturated rings. The predicted octanol–water partition coefficient (Wildman–Crippen LogP) is 4.50. The Morgan fingerprint density at radius 2 is 1.92 bits per heavy atom. The zero-order valence-corrected chi connectivity index (χ0v) is 13.7. The van der Waals surface area contributed by atoms with E-state index in [0.717, 1.165) is 39.0 Å². The van der Waals surface area contributed by atoms with E-state index in [1.807, 2.05) is 30.5 Å². The van der Waals surface area contributed by atoms with Crippen molar-refractivity contribution in [2.75, 3.05) is 5.32 Å². The second kappa shape index (κ2) is 5.22. The molecule has 0 aliphatic carbocycles. The minimum atomic E-state index is -0.173. The number of aromatic nitrogens is 3. The number of nitrogens with zero attached hydrogens (tertiary/aromatic N) is 2. The number of benzene rings is 2. The maximum atomic E-state index is 9.69. The second-order valence-electron chi connectivity index (χ2n) is 6.05. The first kappa shape index (κ1) is 14.3. The topological polar surface area (TPSA) is 73.8 Å². The largest absolute Gasteiger partial charge is 0.508 e. The molecule has 1 aliphatic rings. The van der Waals surface area contributed by atoms with Crippen molar-refractivity contribution < 1.29 is 5.11 Å². The Kier molecular flexibility index (Phi) is 2.99. The highest BCUT2D eigenvalue weighted by atomic mass is 35.5. The van der Waals surface area contributed by atoms with Gasteiger partial charge in [-0.05, 0) is 23.8 Å². The molecule has 0 radical (unpaired) electrons. The molecular formula is C19H13ClN4O. The fourth-order valence-corrected chi connectivity index (χ4v) is 3.79. The van der Waals surface area contributed by atoms with E-state index < -0.39 is 0 Å². The van der Waals surface area contributed by atoms with Gasteiger partial charge in [0, 0.05) is 39.0 Å². The van der Waals surface area contributed by atoms with E-state index in [1.165, 1.54) is 0 Å². The average molecular weight is 349 g/mol. The van der Waals surface area contributed by atoms with E-state index in [2.05, 4.69) is 26.6 Å². The summed E-state index contributed by atoms with van der Waals surface area (Å²) in [5, 5.41) is 23.2. The molecule has 0 amide bonds. The van der Waals surface area contributed by atoms with Crippen LogP contribution in [0.25, 0.3) is 22.2 Å². The Morgan fingerprint density at radius 3 is 2.80 bits per heavy atom. The molecular weight excluding hydrogens is 336 g/mol. The lowest BCUT2D eigenvalue weighted by molar-refractivity contribution is 0.475. The normalized spacial score (nSPS) is 15.5. The summed E-state index contributed by atoms with van der Waals surface area (Å²) in [4.78, 5) is 3.20. The number of anilines is 1. The highest BCUT2D eigenvalue weighted by Crippen LogP contribution is 2.44. The Balaban J connectivity index is 1.85. The van der Waals surface area contributed by atoms with Crippen molar-refractivity contribution in [2.24, 2.45) is 0 Å². The summed E-state index contributed by atoms with van der Waals surface area (Å²) in [7, 11) is 0. The minimum Gasteiger partial charge on any atom is -0.508 e. The van der Waals surface area contributed by atoms with Crippen LogP contribution in [0.3, 0.4) is 0 Å². The Morgan fingerprint density at radius 1 is 1.04 bits per heavy atom. The molecule has 3 N–H and O–H groups in total. The van der Waals surface area contributed by atoms with Gasteiger partial charge in [0.2, 0.25) is 0 Å². The highest BCUT2D eigenvalue weighted by Gasteiger charge is 2.27. The zero-order valence-electron chi connectivity index (χ0n) is 13.0. The van der Waals surface area contributed by atoms with E-state index in [1.54, 1.807) is 18.3 Å². The highest BCUT2D eigenvalue weighted by molar-refractivity contribution is 6.31. The van der Waals surface area contributed by atoms with Crippen molar-refractivity contribution in [3.8, 4) is 16.9 Å². The van der Waals surface area contributed by atoms with Crippen molar-refractivity contribution >= 4 is 28.3 Å². The molecule has 25 heavy (non-hydrogen) atoms. The van der Waals surface area contributed by atoms with Gasteiger partial charge in [-0.3, -0.25) is 0 Å². The number of phenolic OH excluding ortho intramolecular Hbond substituents is 1. The summed E-state index contributed by atoms with van der Waals surface area (Å²) < 4.78 is 0. The molecule has 6 heteroatoms. The standard InChI is InChI=1S/C19H13ClN4O/c20-15-7-10(25)5-6-12(15)18-14-8-21-19-17(14)13(9-22-24-19)11-3-1-2-4-16(11)23-18/h1-9,18,23,25H,(H,21,24). The van der Waals surface area contributed by atoms with Crippen molar-refractivity contribution in [3.63, 3.8) is 0 Å². The van der Waals surface area contributed by atoms with Crippen LogP contribution in [-0.2, 0) is 0 Å². The number of nitrogens with one attached hydrogen (secondary N) is 2. The number of para-hydroxylation sites is 1. The monoisotopic (exact) mass is 348 g/mol. The lowest BCUT2D eigenvalue weighted by atomic mass is 9.97. The maximum absolute atomic E-state index is 9.69. The summed E-state index contributed by atoms with van der Waals surface area (Å²) in [6.07, 6.45) is 3.73. The Labute approximate surface area is 148 Å². The van der Waals surface area contributed by atoms with Gasteiger partial charge in [0.15, 0.2) is 5.65 Å². The van der Waals surface area contributed by atoms with Crippen LogP contribution in [0.4, 0.5) is 5.69 Å². The number of phenols is 1. The second-order valence-corrected chi connectivity index (χ2v) is 6.46. The van der Waals surface area contributed by atoms with E-state index >= 15 is 0 Å². The lowest BCUT2D eigenvalue weighted by Gasteiger charge is -2.20. The molecule has 4 aromatic rings. The fraction of sp³-hybridized carbons (Fsp3) is 0.0526. The van der Waals surface area contributed by atoms with Gasteiger partial charge in [-0.15, -0.1) is 5.10 Å². The number of hydrogen-bond donors (Lipinski definition) is 3. The molecule has 0 saturated heterocycles. The first-order valence-electron chi connectivity index (χ1n) is 7.89. The predicted molar refractivity (Wildman–Crippen MR) is 97.9 cm³/mol. The van der Waals surface area contributed by atoms with Gasteiger partial charge >= 0.3 is 0 Å². The van der Waals surface area contributed by atoms with Crippen LogP contribution in [0, 0.1) is 0 Å². The third kappa shape index (κ3) is 2.09. The van der Waals surface area contributed by atoms with Gasteiger partial charge in [0.05, 0.1) is 12.2 Å². The van der Waals surface area contributed by atoms with E-state index in [9.17, 15) is 5.11 Å². The molecule has 0 saturated carbocycles.